The number of H-pyrrole nitrogens is 1. The molecule has 1 saturated heterocycles. The maximum atomic E-state index is 14.0. The molecular formula is C33H26ClN3O6S2. The maximum Gasteiger partial charge on any atom is 0.305 e. The van der Waals surface area contributed by atoms with Crippen LogP contribution >= 0.6 is 34.7 Å². The van der Waals surface area contributed by atoms with E-state index in [1.807, 2.05) is 24.3 Å². The molecule has 2 bridgehead atoms. The monoisotopic (exact) mass is 659 g/mol. The van der Waals surface area contributed by atoms with Crippen molar-refractivity contribution in [2.45, 2.75) is 22.6 Å². The van der Waals surface area contributed by atoms with Gasteiger partial charge in [0, 0.05) is 32.3 Å². The molecule has 3 amide bonds. The second-order valence-electron chi connectivity index (χ2n) is 11.9. The van der Waals surface area contributed by atoms with Gasteiger partial charge in [0.05, 0.1) is 22.5 Å². The number of nitrogens with one attached hydrogen (secondary N) is 2. The van der Waals surface area contributed by atoms with Crippen LogP contribution in [0.3, 0.4) is 0 Å². The number of aromatic hydroxyl groups is 1. The fourth-order valence-corrected chi connectivity index (χ4v) is 11.0. The van der Waals surface area contributed by atoms with E-state index in [0.717, 1.165) is 21.9 Å². The number of carbonyl (C=O) groups excluding carboxylic acids is 3. The van der Waals surface area contributed by atoms with Gasteiger partial charge in [-0.25, -0.2) is 0 Å². The van der Waals surface area contributed by atoms with Crippen LogP contribution in [-0.2, 0) is 14.4 Å². The molecule has 8 rings (SSSR count). The fraction of sp³-hybridized carbons (Fsp3) is 0.273. The number of imide groups is 1. The number of amides is 3. The molecule has 0 radical (unpaired) electrons. The number of ether oxygens (including phenoxy) is 1. The topological polar surface area (TPSA) is 129 Å². The summed E-state index contributed by atoms with van der Waals surface area (Å²) in [5.74, 6) is -1.28. The third-order valence-electron chi connectivity index (χ3n) is 9.57. The molecule has 1 aromatic heterocycles. The van der Waals surface area contributed by atoms with Crippen molar-refractivity contribution in [1.82, 2.24) is 4.98 Å². The molecule has 3 fully saturated rings. The Morgan fingerprint density at radius 2 is 1.69 bits per heavy atom. The molecule has 228 valence electrons. The Morgan fingerprint density at radius 3 is 2.44 bits per heavy atom. The van der Waals surface area contributed by atoms with Gasteiger partial charge in [0.15, 0.2) is 6.61 Å². The van der Waals surface area contributed by atoms with Crippen LogP contribution in [0.25, 0.3) is 0 Å². The molecule has 45 heavy (non-hydrogen) atoms. The van der Waals surface area contributed by atoms with E-state index in [2.05, 4.69) is 10.3 Å². The second-order valence-corrected chi connectivity index (χ2v) is 14.5. The quantitative estimate of drug-likeness (QED) is 0.184. The summed E-state index contributed by atoms with van der Waals surface area (Å²) in [5, 5.41) is 13.6. The van der Waals surface area contributed by atoms with Gasteiger partial charge in [-0.1, -0.05) is 41.1 Å². The number of aromatic nitrogens is 1. The minimum atomic E-state index is -0.441. The van der Waals surface area contributed by atoms with Crippen molar-refractivity contribution in [3.63, 3.8) is 0 Å². The minimum Gasteiger partial charge on any atom is -0.508 e. The molecule has 7 atom stereocenters. The average Bonchev–Trinajstić information content (AvgIpc) is 3.77. The number of thiazole rings is 1. The lowest BCUT2D eigenvalue weighted by Gasteiger charge is -2.43. The standard InChI is InChI=1S/C33H26ClN3O6S2/c34-15-5-9-17(10-6-15)37-31(40)26-20-13-21(27(26)32(37)41)28-25(20)24(29-30(44-28)36-33(42)45-29)19-3-1-2-4-22(19)43-14-23(39)35-16-7-11-18(38)12-8-16/h1-12,20-21,24-28,38H,13-14H2,(H,35,39)(H,36,42)/t20?,21?,24-,25?,26?,27?,28?/m1/s1. The van der Waals surface area contributed by atoms with Gasteiger partial charge in [0.2, 0.25) is 11.8 Å². The van der Waals surface area contributed by atoms with Crippen LogP contribution in [0, 0.1) is 29.6 Å². The third kappa shape index (κ3) is 4.59. The van der Waals surface area contributed by atoms with E-state index in [-0.39, 0.29) is 63.9 Å². The first-order valence-corrected chi connectivity index (χ1v) is 16.7. The number of rotatable bonds is 6. The summed E-state index contributed by atoms with van der Waals surface area (Å²) < 4.78 is 6.12. The highest BCUT2D eigenvalue weighted by atomic mass is 35.5. The highest BCUT2D eigenvalue weighted by molar-refractivity contribution is 8.00. The van der Waals surface area contributed by atoms with Gasteiger partial charge in [0.25, 0.3) is 5.91 Å². The van der Waals surface area contributed by atoms with Gasteiger partial charge >= 0.3 is 4.87 Å². The minimum absolute atomic E-state index is 0.0160. The van der Waals surface area contributed by atoms with E-state index in [4.69, 9.17) is 16.3 Å². The van der Waals surface area contributed by atoms with Gasteiger partial charge in [-0.15, -0.1) is 11.8 Å². The SMILES string of the molecule is O=C(COc1ccccc1[C@H]1c2sc(=O)[nH]c2SC2C3CC(C4C(=O)N(c5ccc(Cl)cc5)C(=O)C34)C21)Nc1ccc(O)cc1. The van der Waals surface area contributed by atoms with E-state index in [9.17, 15) is 24.3 Å². The number of nitrogens with zero attached hydrogens (tertiary/aromatic N) is 1. The molecular weight excluding hydrogens is 634 g/mol. The number of benzene rings is 3. The Bertz CT molecular complexity index is 1910. The Balaban J connectivity index is 1.12. The predicted molar refractivity (Wildman–Crippen MR) is 171 cm³/mol. The summed E-state index contributed by atoms with van der Waals surface area (Å²) >= 11 is 8.87. The van der Waals surface area contributed by atoms with Gasteiger partial charge in [-0.3, -0.25) is 24.1 Å². The number of halogens is 1. The molecule has 9 nitrogen and oxygen atoms in total. The van der Waals surface area contributed by atoms with Crippen molar-refractivity contribution in [3.8, 4) is 11.5 Å². The smallest absolute Gasteiger partial charge is 0.305 e. The van der Waals surface area contributed by atoms with Crippen molar-refractivity contribution in [3.05, 3.63) is 97.9 Å². The van der Waals surface area contributed by atoms with E-state index >= 15 is 0 Å². The van der Waals surface area contributed by atoms with E-state index in [0.29, 0.717) is 22.1 Å². The molecule has 3 aromatic carbocycles. The van der Waals surface area contributed by atoms with Gasteiger partial charge < -0.3 is 20.1 Å². The molecule has 6 unspecified atom stereocenters. The van der Waals surface area contributed by atoms with Crippen LogP contribution < -0.4 is 19.8 Å². The van der Waals surface area contributed by atoms with E-state index < -0.39 is 11.8 Å². The number of fused-ring (bicyclic) bond motifs is 9. The third-order valence-corrected chi connectivity index (χ3v) is 12.4. The number of phenols is 1. The number of hydrogen-bond acceptors (Lipinski definition) is 8. The first-order chi connectivity index (χ1) is 21.8. The predicted octanol–water partition coefficient (Wildman–Crippen LogP) is 5.49. The Kier molecular flexibility index (Phi) is 6.81. The number of carbonyl (C=O) groups is 3. The molecule has 12 heteroatoms. The van der Waals surface area contributed by atoms with Gasteiger partial charge in [0.1, 0.15) is 11.5 Å². The number of phenolic OH excluding ortho intramolecular Hbond substituents is 1. The van der Waals surface area contributed by atoms with Crippen molar-refractivity contribution in [1.29, 1.82) is 0 Å². The van der Waals surface area contributed by atoms with Crippen LogP contribution in [0.2, 0.25) is 5.02 Å². The van der Waals surface area contributed by atoms with Crippen LogP contribution in [0.4, 0.5) is 11.4 Å². The average molecular weight is 660 g/mol. The summed E-state index contributed by atoms with van der Waals surface area (Å²) in [6, 6.07) is 20.5. The molecule has 2 saturated carbocycles. The first kappa shape index (κ1) is 28.4. The number of hydrogen-bond donors (Lipinski definition) is 3. The van der Waals surface area contributed by atoms with Crippen LogP contribution in [0.15, 0.2) is 82.6 Å². The fourth-order valence-electron chi connectivity index (χ4n) is 7.96. The highest BCUT2D eigenvalue weighted by Gasteiger charge is 2.69. The molecule has 2 aliphatic heterocycles. The molecule has 4 aromatic rings. The Labute approximate surface area is 270 Å². The van der Waals surface area contributed by atoms with E-state index in [1.165, 1.54) is 28.4 Å². The summed E-state index contributed by atoms with van der Waals surface area (Å²) in [6.07, 6.45) is 0.761. The van der Waals surface area contributed by atoms with Gasteiger partial charge in [-0.2, -0.15) is 0 Å². The lowest BCUT2D eigenvalue weighted by molar-refractivity contribution is -0.123. The van der Waals surface area contributed by atoms with Crippen molar-refractivity contribution in [2.24, 2.45) is 29.6 Å². The van der Waals surface area contributed by atoms with Crippen molar-refractivity contribution >= 4 is 63.8 Å². The zero-order chi connectivity index (χ0) is 31.0. The molecule has 0 spiro atoms. The Hall–Kier alpha value is -4.06. The van der Waals surface area contributed by atoms with Gasteiger partial charge in [-0.05, 0) is 78.8 Å². The first-order valence-electron chi connectivity index (χ1n) is 14.6. The largest absolute Gasteiger partial charge is 0.508 e. The van der Waals surface area contributed by atoms with Crippen molar-refractivity contribution in [2.75, 3.05) is 16.8 Å². The highest BCUT2D eigenvalue weighted by Crippen LogP contribution is 2.69. The van der Waals surface area contributed by atoms with Crippen molar-refractivity contribution < 1.29 is 24.2 Å². The zero-order valence-corrected chi connectivity index (χ0v) is 25.9. The van der Waals surface area contributed by atoms with E-state index in [1.54, 1.807) is 48.2 Å². The summed E-state index contributed by atoms with van der Waals surface area (Å²) in [6.45, 7) is -0.247. The molecule has 3 heterocycles. The normalized spacial score (nSPS) is 27.7. The second kappa shape index (κ2) is 10.8. The molecule has 4 aliphatic rings. The molecule has 2 aliphatic carbocycles. The summed E-state index contributed by atoms with van der Waals surface area (Å²) in [5.41, 5.74) is 1.91. The number of thioether (sulfide) groups is 1. The van der Waals surface area contributed by atoms with Crippen LogP contribution in [-0.4, -0.2) is 39.7 Å². The maximum absolute atomic E-state index is 14.0. The number of para-hydroxylation sites is 1. The lowest BCUT2D eigenvalue weighted by Crippen LogP contribution is -2.42. The molecule has 3 N–H and O–H groups in total. The van der Waals surface area contributed by atoms with Crippen LogP contribution in [0.1, 0.15) is 22.8 Å². The number of anilines is 2. The Morgan fingerprint density at radius 1 is 0.978 bits per heavy atom. The van der Waals surface area contributed by atoms with Crippen LogP contribution in [0.5, 0.6) is 11.5 Å². The number of aromatic amines is 1. The summed E-state index contributed by atoms with van der Waals surface area (Å²) in [4.78, 5) is 58.4. The lowest BCUT2D eigenvalue weighted by atomic mass is 9.68. The zero-order valence-electron chi connectivity index (χ0n) is 23.5. The summed E-state index contributed by atoms with van der Waals surface area (Å²) in [7, 11) is 0.